The van der Waals surface area contributed by atoms with Gasteiger partial charge in [-0.25, -0.2) is 0 Å². The summed E-state index contributed by atoms with van der Waals surface area (Å²) in [6.45, 7) is 9.31. The van der Waals surface area contributed by atoms with Gasteiger partial charge in [-0.3, -0.25) is 0 Å². The molecule has 6 heteroatoms. The molecule has 0 bridgehead atoms. The predicted octanol–water partition coefficient (Wildman–Crippen LogP) is 4.97. The van der Waals surface area contributed by atoms with Gasteiger partial charge in [0.25, 0.3) is 18.3 Å². The first-order valence-electron chi connectivity index (χ1n) is 11.8. The summed E-state index contributed by atoms with van der Waals surface area (Å²) in [5, 5.41) is 2.42. The highest BCUT2D eigenvalue weighted by molar-refractivity contribution is 7.90. The average molecular weight is 492 g/mol. The minimum Gasteiger partial charge on any atom is -0.407 e. The summed E-state index contributed by atoms with van der Waals surface area (Å²) in [5.41, 5.74) is 1.02. The van der Waals surface area contributed by atoms with Gasteiger partial charge < -0.3 is 4.43 Å². The molecule has 4 nitrogen and oxygen atoms in total. The fourth-order valence-electron chi connectivity index (χ4n) is 4.57. The van der Waals surface area contributed by atoms with Gasteiger partial charge in [-0.05, 0) is 46.8 Å². The van der Waals surface area contributed by atoms with E-state index in [-0.39, 0.29) is 21.8 Å². The molecule has 0 radical (unpaired) electrons. The van der Waals surface area contributed by atoms with Crippen molar-refractivity contribution < 1.29 is 12.8 Å². The zero-order valence-corrected chi connectivity index (χ0v) is 22.1. The molecule has 4 rings (SSSR count). The van der Waals surface area contributed by atoms with Crippen LogP contribution in [0.1, 0.15) is 32.8 Å². The lowest BCUT2D eigenvalue weighted by Crippen LogP contribution is -2.66. The molecule has 34 heavy (non-hydrogen) atoms. The molecule has 0 saturated heterocycles. The lowest BCUT2D eigenvalue weighted by Gasteiger charge is -2.43. The highest BCUT2D eigenvalue weighted by Crippen LogP contribution is 2.41. The Labute approximate surface area is 204 Å². The normalized spacial score (nSPS) is 18.8. The van der Waals surface area contributed by atoms with Gasteiger partial charge in [0.1, 0.15) is 0 Å². The highest BCUT2D eigenvalue weighted by atomic mass is 32.2. The summed E-state index contributed by atoms with van der Waals surface area (Å²) in [7, 11) is -6.25. The lowest BCUT2D eigenvalue weighted by atomic mass is 10.2. The van der Waals surface area contributed by atoms with Gasteiger partial charge in [0.2, 0.25) is 0 Å². The summed E-state index contributed by atoms with van der Waals surface area (Å²) in [6, 6.07) is 27.9. The van der Waals surface area contributed by atoms with Gasteiger partial charge in [0.05, 0.1) is 4.90 Å². The maximum Gasteiger partial charge on any atom is 0.281 e. The van der Waals surface area contributed by atoms with Crippen molar-refractivity contribution in [1.29, 1.82) is 0 Å². The van der Waals surface area contributed by atoms with E-state index in [9.17, 15) is 8.42 Å². The third-order valence-electron chi connectivity index (χ3n) is 6.62. The molecular weight excluding hydrogens is 458 g/mol. The smallest absolute Gasteiger partial charge is 0.281 e. The number of rotatable bonds is 8. The molecular formula is C28H33NO3SSi. The molecule has 0 aromatic heterocycles. The van der Waals surface area contributed by atoms with Crippen LogP contribution >= 0.6 is 0 Å². The standard InChI is InChI=1S/C28H33NO3SSi/c1-22-15-17-25(18-16-22)33(30,31)29-20-23-19-24(23)21-32-34(28(2,3)4,26-11-7-5-8-12-26)27-13-9-6-10-14-27/h5-18,20,23-24H,19,21H2,1-4H3/b29-20+/t23-,24+/m1/s1. The number of aryl methyl sites for hydroxylation is 1. The Hall–Kier alpha value is -2.54. The molecule has 0 N–H and O–H groups in total. The molecule has 1 fully saturated rings. The zero-order valence-electron chi connectivity index (χ0n) is 20.3. The molecule has 3 aromatic carbocycles. The average Bonchev–Trinajstić information content (AvgIpc) is 3.57. The van der Waals surface area contributed by atoms with Crippen molar-refractivity contribution in [3.05, 3.63) is 90.5 Å². The summed E-state index contributed by atoms with van der Waals surface area (Å²) in [4.78, 5) is 0.232. The number of nitrogens with zero attached hydrogens (tertiary/aromatic N) is 1. The Bertz CT molecular complexity index is 1190. The maximum atomic E-state index is 12.6. The van der Waals surface area contributed by atoms with Gasteiger partial charge in [-0.1, -0.05) is 99.1 Å². The number of hydrogen-bond acceptors (Lipinski definition) is 3. The Morgan fingerprint density at radius 2 is 1.44 bits per heavy atom. The van der Waals surface area contributed by atoms with E-state index in [4.69, 9.17) is 4.43 Å². The molecule has 2 atom stereocenters. The van der Waals surface area contributed by atoms with Gasteiger partial charge in [-0.2, -0.15) is 12.8 Å². The van der Waals surface area contributed by atoms with E-state index in [2.05, 4.69) is 73.7 Å². The second-order valence-corrected chi connectivity index (χ2v) is 16.1. The van der Waals surface area contributed by atoms with E-state index in [0.29, 0.717) is 6.61 Å². The summed E-state index contributed by atoms with van der Waals surface area (Å²) < 4.78 is 36.1. The molecule has 0 heterocycles. The van der Waals surface area contributed by atoms with Crippen LogP contribution in [0.25, 0.3) is 0 Å². The van der Waals surface area contributed by atoms with Crippen LogP contribution in [0.4, 0.5) is 0 Å². The Kier molecular flexibility index (Phi) is 6.94. The fraction of sp³-hybridized carbons (Fsp3) is 0.321. The molecule has 0 aliphatic heterocycles. The van der Waals surface area contributed by atoms with Gasteiger partial charge in [0.15, 0.2) is 0 Å². The quantitative estimate of drug-likeness (QED) is 0.330. The van der Waals surface area contributed by atoms with Crippen LogP contribution < -0.4 is 10.4 Å². The van der Waals surface area contributed by atoms with E-state index < -0.39 is 18.3 Å². The lowest BCUT2D eigenvalue weighted by molar-refractivity contribution is 0.278. The highest BCUT2D eigenvalue weighted by Gasteiger charge is 2.51. The second-order valence-electron chi connectivity index (χ2n) is 10.2. The van der Waals surface area contributed by atoms with Crippen LogP contribution in [-0.2, 0) is 14.4 Å². The Morgan fingerprint density at radius 1 is 0.912 bits per heavy atom. The van der Waals surface area contributed by atoms with Crippen molar-refractivity contribution >= 4 is 34.9 Å². The van der Waals surface area contributed by atoms with Gasteiger partial charge in [-0.15, -0.1) is 0 Å². The van der Waals surface area contributed by atoms with E-state index >= 15 is 0 Å². The summed E-state index contributed by atoms with van der Waals surface area (Å²) >= 11 is 0. The van der Waals surface area contributed by atoms with E-state index in [1.54, 1.807) is 30.5 Å². The van der Waals surface area contributed by atoms with E-state index in [1.165, 1.54) is 10.4 Å². The number of hydrogen-bond donors (Lipinski definition) is 0. The van der Waals surface area contributed by atoms with Crippen molar-refractivity contribution in [2.24, 2.45) is 16.2 Å². The third-order valence-corrected chi connectivity index (χ3v) is 12.9. The van der Waals surface area contributed by atoms with Crippen molar-refractivity contribution in [3.63, 3.8) is 0 Å². The van der Waals surface area contributed by atoms with Gasteiger partial charge in [0, 0.05) is 18.7 Å². The van der Waals surface area contributed by atoms with Crippen LogP contribution in [0, 0.1) is 18.8 Å². The first kappa shape index (κ1) is 24.6. The van der Waals surface area contributed by atoms with Crippen LogP contribution in [0.2, 0.25) is 5.04 Å². The maximum absolute atomic E-state index is 12.6. The van der Waals surface area contributed by atoms with Crippen molar-refractivity contribution in [1.82, 2.24) is 0 Å². The first-order chi connectivity index (χ1) is 16.1. The molecule has 0 amide bonds. The molecule has 0 unspecified atom stereocenters. The minimum atomic E-state index is -3.67. The molecule has 1 aliphatic rings. The zero-order chi connectivity index (χ0) is 24.4. The van der Waals surface area contributed by atoms with Crippen LogP contribution in [0.15, 0.2) is 94.2 Å². The summed E-state index contributed by atoms with van der Waals surface area (Å²) in [6.07, 6.45) is 2.50. The number of sulfonamides is 1. The Balaban J connectivity index is 1.53. The SMILES string of the molecule is Cc1ccc(S(=O)(=O)/N=C/[C@H]2C[C@H]2CO[Si](c2ccccc2)(c2ccccc2)C(C)(C)C)cc1. The first-order valence-corrected chi connectivity index (χ1v) is 15.1. The van der Waals surface area contributed by atoms with Crippen LogP contribution in [0.3, 0.4) is 0 Å². The molecule has 178 valence electrons. The van der Waals surface area contributed by atoms with Crippen LogP contribution in [-0.4, -0.2) is 29.6 Å². The van der Waals surface area contributed by atoms with Crippen LogP contribution in [0.5, 0.6) is 0 Å². The molecule has 3 aromatic rings. The summed E-state index contributed by atoms with van der Waals surface area (Å²) in [5.74, 6) is 0.400. The Morgan fingerprint density at radius 3 is 1.94 bits per heavy atom. The third kappa shape index (κ3) is 5.09. The van der Waals surface area contributed by atoms with Gasteiger partial charge >= 0.3 is 0 Å². The molecule has 1 saturated carbocycles. The largest absolute Gasteiger partial charge is 0.407 e. The predicted molar refractivity (Wildman–Crippen MR) is 142 cm³/mol. The number of benzene rings is 3. The molecule has 1 aliphatic carbocycles. The van der Waals surface area contributed by atoms with Crippen molar-refractivity contribution in [2.75, 3.05) is 6.61 Å². The van der Waals surface area contributed by atoms with E-state index in [0.717, 1.165) is 12.0 Å². The molecule has 0 spiro atoms. The van der Waals surface area contributed by atoms with Crippen molar-refractivity contribution in [2.45, 2.75) is 44.0 Å². The second kappa shape index (κ2) is 9.60. The fourth-order valence-corrected chi connectivity index (χ4v) is 10.1. The monoisotopic (exact) mass is 491 g/mol. The minimum absolute atomic E-state index is 0.0804. The van der Waals surface area contributed by atoms with E-state index in [1.807, 2.05) is 19.1 Å². The van der Waals surface area contributed by atoms with Crippen molar-refractivity contribution in [3.8, 4) is 0 Å². The topological polar surface area (TPSA) is 55.7 Å².